The molecule has 1 amide bonds. The molecule has 0 bridgehead atoms. The molecule has 2 N–H and O–H groups in total. The predicted molar refractivity (Wildman–Crippen MR) is 66.9 cm³/mol. The monoisotopic (exact) mass is 294 g/mol. The summed E-state index contributed by atoms with van der Waals surface area (Å²) in [7, 11) is 0. The summed E-state index contributed by atoms with van der Waals surface area (Å²) in [6, 6.07) is 6.83. The molecule has 0 aromatic heterocycles. The second-order valence-electron chi connectivity index (χ2n) is 4.05. The van der Waals surface area contributed by atoms with Gasteiger partial charge in [-0.2, -0.15) is 13.2 Å². The van der Waals surface area contributed by atoms with Crippen LogP contribution in [0, 0.1) is 0 Å². The van der Waals surface area contributed by atoms with Gasteiger partial charge in [0, 0.05) is 11.1 Å². The van der Waals surface area contributed by atoms with E-state index in [-0.39, 0.29) is 12.6 Å². The van der Waals surface area contributed by atoms with Crippen molar-refractivity contribution in [3.8, 4) is 0 Å². The highest BCUT2D eigenvalue weighted by atomic mass is 35.5. The van der Waals surface area contributed by atoms with Crippen molar-refractivity contribution in [1.82, 2.24) is 10.6 Å². The van der Waals surface area contributed by atoms with Crippen molar-refractivity contribution in [2.24, 2.45) is 0 Å². The maximum atomic E-state index is 11.9. The smallest absolute Gasteiger partial charge is 0.346 e. The number of hydrogen-bond acceptors (Lipinski definition) is 2. The van der Waals surface area contributed by atoms with Gasteiger partial charge in [-0.15, -0.1) is 0 Å². The van der Waals surface area contributed by atoms with Gasteiger partial charge in [0.1, 0.15) is 6.54 Å². The third-order valence-electron chi connectivity index (χ3n) is 2.42. The van der Waals surface area contributed by atoms with E-state index in [0.29, 0.717) is 5.02 Å². The first kappa shape index (κ1) is 15.8. The molecule has 0 aliphatic heterocycles. The Kier molecular flexibility index (Phi) is 5.62. The molecule has 0 saturated carbocycles. The first-order valence-corrected chi connectivity index (χ1v) is 5.98. The Bertz CT molecular complexity index is 420. The van der Waals surface area contributed by atoms with Crippen LogP contribution >= 0.6 is 11.6 Å². The van der Waals surface area contributed by atoms with Gasteiger partial charge < -0.3 is 10.6 Å². The summed E-state index contributed by atoms with van der Waals surface area (Å²) in [5.74, 6) is -0.696. The number of benzene rings is 1. The number of halogens is 4. The van der Waals surface area contributed by atoms with Crippen LogP contribution in [0.15, 0.2) is 24.3 Å². The molecule has 7 heteroatoms. The fourth-order valence-electron chi connectivity index (χ4n) is 1.38. The normalized spacial score (nSPS) is 13.1. The van der Waals surface area contributed by atoms with Gasteiger partial charge in [-0.1, -0.05) is 23.7 Å². The molecule has 1 aromatic rings. The van der Waals surface area contributed by atoms with Crippen LogP contribution in [0.25, 0.3) is 0 Å². The first-order valence-electron chi connectivity index (χ1n) is 5.60. The van der Waals surface area contributed by atoms with E-state index in [2.05, 4.69) is 5.32 Å². The van der Waals surface area contributed by atoms with Gasteiger partial charge in [0.2, 0.25) is 5.91 Å². The number of carbonyl (C=O) groups excluding carboxylic acids is 1. The minimum absolute atomic E-state index is 0.158. The highest BCUT2D eigenvalue weighted by Crippen LogP contribution is 2.15. The maximum absolute atomic E-state index is 11.9. The third kappa shape index (κ3) is 6.45. The van der Waals surface area contributed by atoms with Crippen LogP contribution in [0.1, 0.15) is 18.5 Å². The van der Waals surface area contributed by atoms with Crippen LogP contribution in [-0.4, -0.2) is 25.2 Å². The van der Waals surface area contributed by atoms with E-state index in [1.807, 2.05) is 0 Å². The zero-order chi connectivity index (χ0) is 14.5. The molecule has 0 radical (unpaired) electrons. The number of alkyl halides is 3. The van der Waals surface area contributed by atoms with Crippen molar-refractivity contribution in [1.29, 1.82) is 0 Å². The molecule has 0 aliphatic carbocycles. The first-order chi connectivity index (χ1) is 8.78. The van der Waals surface area contributed by atoms with Crippen molar-refractivity contribution in [3.63, 3.8) is 0 Å². The number of carbonyl (C=O) groups is 1. The second kappa shape index (κ2) is 6.77. The Hall–Kier alpha value is -1.27. The largest absolute Gasteiger partial charge is 0.405 e. The van der Waals surface area contributed by atoms with E-state index in [1.165, 1.54) is 0 Å². The quantitative estimate of drug-likeness (QED) is 0.876. The average Bonchev–Trinajstić information content (AvgIpc) is 2.33. The fourth-order valence-corrected chi connectivity index (χ4v) is 1.50. The van der Waals surface area contributed by atoms with E-state index in [0.717, 1.165) is 5.56 Å². The molecular weight excluding hydrogens is 281 g/mol. The minimum atomic E-state index is -4.39. The Morgan fingerprint density at radius 1 is 1.32 bits per heavy atom. The van der Waals surface area contributed by atoms with Gasteiger partial charge in [0.05, 0.1) is 6.54 Å². The molecule has 0 saturated heterocycles. The molecule has 1 atom stereocenters. The standard InChI is InChI=1S/C12H14ClF3N2O/c1-8(9-2-4-10(13)5-3-9)17-6-11(19)18-7-12(14,15)16/h2-5,8,17H,6-7H2,1H3,(H,18,19)/t8-/m0/s1. The van der Waals surface area contributed by atoms with Gasteiger partial charge in [0.15, 0.2) is 0 Å². The molecule has 3 nitrogen and oxygen atoms in total. The van der Waals surface area contributed by atoms with Gasteiger partial charge in [0.25, 0.3) is 0 Å². The van der Waals surface area contributed by atoms with Gasteiger partial charge in [-0.05, 0) is 24.6 Å². The lowest BCUT2D eigenvalue weighted by Gasteiger charge is -2.14. The van der Waals surface area contributed by atoms with Crippen LogP contribution in [-0.2, 0) is 4.79 Å². The van der Waals surface area contributed by atoms with E-state index in [4.69, 9.17) is 11.6 Å². The molecule has 0 heterocycles. The Balaban J connectivity index is 2.35. The van der Waals surface area contributed by atoms with Crippen LogP contribution in [0.5, 0.6) is 0 Å². The van der Waals surface area contributed by atoms with Crippen molar-refractivity contribution >= 4 is 17.5 Å². The lowest BCUT2D eigenvalue weighted by molar-refractivity contribution is -0.137. The molecule has 1 aromatic carbocycles. The van der Waals surface area contributed by atoms with Crippen molar-refractivity contribution in [2.45, 2.75) is 19.1 Å². The summed E-state index contributed by atoms with van der Waals surface area (Å²) >= 11 is 5.74. The molecule has 106 valence electrons. The second-order valence-corrected chi connectivity index (χ2v) is 4.48. The van der Waals surface area contributed by atoms with Gasteiger partial charge in [-0.3, -0.25) is 4.79 Å². The predicted octanol–water partition coefficient (Wildman–Crippen LogP) is 2.67. The van der Waals surface area contributed by atoms with Crippen molar-refractivity contribution < 1.29 is 18.0 Å². The summed E-state index contributed by atoms with van der Waals surface area (Å²) in [5.41, 5.74) is 0.896. The number of rotatable bonds is 5. The summed E-state index contributed by atoms with van der Waals surface area (Å²) in [5, 5.41) is 5.22. The zero-order valence-electron chi connectivity index (χ0n) is 10.2. The SMILES string of the molecule is C[C@H](NCC(=O)NCC(F)(F)F)c1ccc(Cl)cc1. The van der Waals surface area contributed by atoms with Gasteiger partial charge in [-0.25, -0.2) is 0 Å². The highest BCUT2D eigenvalue weighted by molar-refractivity contribution is 6.30. The van der Waals surface area contributed by atoms with Gasteiger partial charge >= 0.3 is 6.18 Å². The van der Waals surface area contributed by atoms with E-state index >= 15 is 0 Å². The molecule has 0 aliphatic rings. The lowest BCUT2D eigenvalue weighted by Crippen LogP contribution is -2.39. The number of amides is 1. The Morgan fingerprint density at radius 2 is 1.89 bits per heavy atom. The van der Waals surface area contributed by atoms with Crippen LogP contribution in [0.4, 0.5) is 13.2 Å². The lowest BCUT2D eigenvalue weighted by atomic mass is 10.1. The molecule has 1 rings (SSSR count). The topological polar surface area (TPSA) is 41.1 Å². The molecular formula is C12H14ClF3N2O. The number of nitrogens with one attached hydrogen (secondary N) is 2. The fraction of sp³-hybridized carbons (Fsp3) is 0.417. The molecule has 19 heavy (non-hydrogen) atoms. The molecule has 0 spiro atoms. The van der Waals surface area contributed by atoms with Crippen LogP contribution < -0.4 is 10.6 Å². The van der Waals surface area contributed by atoms with Crippen LogP contribution in [0.3, 0.4) is 0 Å². The molecule has 0 fully saturated rings. The zero-order valence-corrected chi connectivity index (χ0v) is 11.0. The van der Waals surface area contributed by atoms with E-state index in [1.54, 1.807) is 36.5 Å². The Labute approximate surface area is 114 Å². The average molecular weight is 295 g/mol. The van der Waals surface area contributed by atoms with E-state index < -0.39 is 18.6 Å². The van der Waals surface area contributed by atoms with Crippen LogP contribution in [0.2, 0.25) is 5.02 Å². The van der Waals surface area contributed by atoms with Crippen molar-refractivity contribution in [2.75, 3.05) is 13.1 Å². The summed E-state index contributed by atoms with van der Waals surface area (Å²) in [4.78, 5) is 11.2. The maximum Gasteiger partial charge on any atom is 0.405 e. The molecule has 0 unspecified atom stereocenters. The third-order valence-corrected chi connectivity index (χ3v) is 2.68. The van der Waals surface area contributed by atoms with Crippen molar-refractivity contribution in [3.05, 3.63) is 34.9 Å². The summed E-state index contributed by atoms with van der Waals surface area (Å²) < 4.78 is 35.6. The summed E-state index contributed by atoms with van der Waals surface area (Å²) in [6.45, 7) is 0.309. The Morgan fingerprint density at radius 3 is 2.42 bits per heavy atom. The number of hydrogen-bond donors (Lipinski definition) is 2. The minimum Gasteiger partial charge on any atom is -0.346 e. The summed E-state index contributed by atoms with van der Waals surface area (Å²) in [6.07, 6.45) is -4.39. The van der Waals surface area contributed by atoms with E-state index in [9.17, 15) is 18.0 Å². The highest BCUT2D eigenvalue weighted by Gasteiger charge is 2.27.